The van der Waals surface area contributed by atoms with Crippen molar-refractivity contribution in [3.8, 4) is 5.75 Å². The number of hydrogen-bond donors (Lipinski definition) is 0. The molecule has 0 heterocycles. The summed E-state index contributed by atoms with van der Waals surface area (Å²) in [6.07, 6.45) is 0. The lowest BCUT2D eigenvalue weighted by molar-refractivity contribution is 0.103. The second-order valence-corrected chi connectivity index (χ2v) is 6.43. The van der Waals surface area contributed by atoms with Gasteiger partial charge in [-0.05, 0) is 81.9 Å². The maximum absolute atomic E-state index is 12.7. The number of rotatable bonds is 3. The number of carbonyl (C=O) groups is 1. The Morgan fingerprint density at radius 2 is 1.84 bits per heavy atom. The summed E-state index contributed by atoms with van der Waals surface area (Å²) in [5.41, 5.74) is 2.44. The summed E-state index contributed by atoms with van der Waals surface area (Å²) in [6.45, 7) is 2.00. The molecule has 0 aliphatic heterocycles. The third-order valence-corrected chi connectivity index (χ3v) is 4.95. The van der Waals surface area contributed by atoms with Crippen LogP contribution in [0.5, 0.6) is 5.75 Å². The van der Waals surface area contributed by atoms with Gasteiger partial charge in [-0.15, -0.1) is 0 Å². The molecular weight excluding hydrogens is 466 g/mol. The van der Waals surface area contributed by atoms with E-state index in [1.165, 1.54) is 0 Å². The van der Waals surface area contributed by atoms with Gasteiger partial charge >= 0.3 is 0 Å². The molecule has 0 aromatic heterocycles. The van der Waals surface area contributed by atoms with E-state index in [1.807, 2.05) is 43.3 Å². The SMILES string of the molecule is COc1ccc(I)cc1C(=O)c1cccc(C)c1I. The highest BCUT2D eigenvalue weighted by molar-refractivity contribution is 14.1. The quantitative estimate of drug-likeness (QED) is 0.482. The zero-order valence-electron chi connectivity index (χ0n) is 10.5. The molecule has 98 valence electrons. The van der Waals surface area contributed by atoms with Crippen LogP contribution in [-0.2, 0) is 0 Å². The van der Waals surface area contributed by atoms with Gasteiger partial charge < -0.3 is 4.74 Å². The van der Waals surface area contributed by atoms with Crippen LogP contribution < -0.4 is 4.74 Å². The lowest BCUT2D eigenvalue weighted by atomic mass is 10.0. The predicted octanol–water partition coefficient (Wildman–Crippen LogP) is 4.44. The van der Waals surface area contributed by atoms with E-state index < -0.39 is 0 Å². The molecule has 0 saturated carbocycles. The fourth-order valence-corrected chi connectivity index (χ4v) is 2.92. The lowest BCUT2D eigenvalue weighted by Gasteiger charge is -2.10. The molecule has 0 N–H and O–H groups in total. The molecule has 0 radical (unpaired) electrons. The van der Waals surface area contributed by atoms with E-state index in [-0.39, 0.29) is 5.78 Å². The van der Waals surface area contributed by atoms with Gasteiger partial charge in [-0.3, -0.25) is 4.79 Å². The van der Waals surface area contributed by atoms with Crippen LogP contribution in [0, 0.1) is 14.1 Å². The highest BCUT2D eigenvalue weighted by atomic mass is 127. The Morgan fingerprint density at radius 1 is 1.11 bits per heavy atom. The van der Waals surface area contributed by atoms with E-state index in [2.05, 4.69) is 45.2 Å². The number of methoxy groups -OCH3 is 1. The van der Waals surface area contributed by atoms with Gasteiger partial charge in [0.2, 0.25) is 0 Å². The van der Waals surface area contributed by atoms with Crippen molar-refractivity contribution in [2.24, 2.45) is 0 Å². The average molecular weight is 478 g/mol. The predicted molar refractivity (Wildman–Crippen MR) is 93.0 cm³/mol. The maximum atomic E-state index is 12.7. The van der Waals surface area contributed by atoms with Crippen LogP contribution in [-0.4, -0.2) is 12.9 Å². The molecule has 0 aliphatic rings. The first-order valence-electron chi connectivity index (χ1n) is 5.68. The van der Waals surface area contributed by atoms with Crippen molar-refractivity contribution in [3.05, 3.63) is 60.2 Å². The highest BCUT2D eigenvalue weighted by Crippen LogP contribution is 2.26. The van der Waals surface area contributed by atoms with Crippen LogP contribution in [0.25, 0.3) is 0 Å². The van der Waals surface area contributed by atoms with E-state index in [0.29, 0.717) is 11.3 Å². The molecule has 0 fully saturated rings. The molecule has 0 saturated heterocycles. The van der Waals surface area contributed by atoms with Crippen molar-refractivity contribution in [2.45, 2.75) is 6.92 Å². The molecule has 0 atom stereocenters. The molecule has 0 aliphatic carbocycles. The summed E-state index contributed by atoms with van der Waals surface area (Å²) in [6, 6.07) is 11.4. The topological polar surface area (TPSA) is 26.3 Å². The smallest absolute Gasteiger partial charge is 0.197 e. The summed E-state index contributed by atoms with van der Waals surface area (Å²) in [4.78, 5) is 12.7. The van der Waals surface area contributed by atoms with Crippen LogP contribution in [0.4, 0.5) is 0 Å². The van der Waals surface area contributed by atoms with Gasteiger partial charge in [0.1, 0.15) is 5.75 Å². The molecule has 2 aromatic carbocycles. The molecule has 0 bridgehead atoms. The third kappa shape index (κ3) is 3.10. The van der Waals surface area contributed by atoms with Crippen LogP contribution in [0.2, 0.25) is 0 Å². The van der Waals surface area contributed by atoms with Crippen molar-refractivity contribution in [2.75, 3.05) is 7.11 Å². The summed E-state index contributed by atoms with van der Waals surface area (Å²) < 4.78 is 7.30. The van der Waals surface area contributed by atoms with Gasteiger partial charge in [0.25, 0.3) is 0 Å². The number of ether oxygens (including phenoxy) is 1. The number of halogens is 2. The minimum atomic E-state index is 0.00321. The van der Waals surface area contributed by atoms with E-state index in [1.54, 1.807) is 7.11 Å². The lowest BCUT2D eigenvalue weighted by Crippen LogP contribution is -2.07. The van der Waals surface area contributed by atoms with E-state index in [9.17, 15) is 4.79 Å². The van der Waals surface area contributed by atoms with Crippen molar-refractivity contribution < 1.29 is 9.53 Å². The largest absolute Gasteiger partial charge is 0.496 e. The normalized spacial score (nSPS) is 10.3. The Bertz CT molecular complexity index is 636. The Morgan fingerprint density at radius 3 is 2.53 bits per heavy atom. The Labute approximate surface area is 139 Å². The number of hydrogen-bond acceptors (Lipinski definition) is 2. The molecule has 0 amide bonds. The fraction of sp³-hybridized carbons (Fsp3) is 0.133. The van der Waals surface area contributed by atoms with Gasteiger partial charge in [-0.2, -0.15) is 0 Å². The van der Waals surface area contributed by atoms with Crippen molar-refractivity contribution in [3.63, 3.8) is 0 Å². The minimum Gasteiger partial charge on any atom is -0.496 e. The summed E-state index contributed by atoms with van der Waals surface area (Å²) in [5.74, 6) is 0.617. The first-order chi connectivity index (χ1) is 9.04. The summed E-state index contributed by atoms with van der Waals surface area (Å²) in [7, 11) is 1.58. The van der Waals surface area contributed by atoms with Crippen molar-refractivity contribution in [1.82, 2.24) is 0 Å². The van der Waals surface area contributed by atoms with Gasteiger partial charge in [0, 0.05) is 12.7 Å². The summed E-state index contributed by atoms with van der Waals surface area (Å²) in [5, 5.41) is 0. The number of aryl methyl sites for hydroxylation is 1. The van der Waals surface area contributed by atoms with Gasteiger partial charge in [-0.1, -0.05) is 12.1 Å². The Hall–Kier alpha value is -0.630. The highest BCUT2D eigenvalue weighted by Gasteiger charge is 2.17. The molecular formula is C15H12I2O2. The third-order valence-electron chi connectivity index (χ3n) is 2.84. The van der Waals surface area contributed by atoms with E-state index >= 15 is 0 Å². The molecule has 2 nitrogen and oxygen atoms in total. The van der Waals surface area contributed by atoms with Crippen LogP contribution in [0.15, 0.2) is 36.4 Å². The second-order valence-electron chi connectivity index (χ2n) is 4.11. The number of ketones is 1. The molecule has 0 unspecified atom stereocenters. The van der Waals surface area contributed by atoms with Gasteiger partial charge in [0.15, 0.2) is 5.78 Å². The second kappa shape index (κ2) is 6.21. The van der Waals surface area contributed by atoms with E-state index in [0.717, 1.165) is 18.3 Å². The van der Waals surface area contributed by atoms with Gasteiger partial charge in [-0.25, -0.2) is 0 Å². The first-order valence-corrected chi connectivity index (χ1v) is 7.83. The van der Waals surface area contributed by atoms with Crippen molar-refractivity contribution in [1.29, 1.82) is 0 Å². The Kier molecular flexibility index (Phi) is 4.83. The van der Waals surface area contributed by atoms with Crippen molar-refractivity contribution >= 4 is 51.0 Å². The minimum absolute atomic E-state index is 0.00321. The van der Waals surface area contributed by atoms with Crippen LogP contribution >= 0.6 is 45.2 Å². The fourth-order valence-electron chi connectivity index (χ4n) is 1.83. The monoisotopic (exact) mass is 478 g/mol. The first kappa shape index (κ1) is 14.8. The Balaban J connectivity index is 2.56. The zero-order chi connectivity index (χ0) is 14.0. The zero-order valence-corrected chi connectivity index (χ0v) is 14.9. The average Bonchev–Trinajstić information content (AvgIpc) is 2.41. The molecule has 2 rings (SSSR count). The van der Waals surface area contributed by atoms with Gasteiger partial charge in [0.05, 0.1) is 12.7 Å². The maximum Gasteiger partial charge on any atom is 0.197 e. The standard InChI is InChI=1S/C15H12I2O2/c1-9-4-3-5-11(14(9)17)15(18)12-8-10(16)6-7-13(12)19-2/h3-8H,1-2H3. The molecule has 4 heteroatoms. The van der Waals surface area contributed by atoms with Crippen LogP contribution in [0.1, 0.15) is 21.5 Å². The molecule has 0 spiro atoms. The van der Waals surface area contributed by atoms with Crippen LogP contribution in [0.3, 0.4) is 0 Å². The molecule has 19 heavy (non-hydrogen) atoms. The number of carbonyl (C=O) groups excluding carboxylic acids is 1. The van der Waals surface area contributed by atoms with E-state index in [4.69, 9.17) is 4.74 Å². The molecule has 2 aromatic rings. The summed E-state index contributed by atoms with van der Waals surface area (Å²) >= 11 is 4.41. The number of benzene rings is 2.